The predicted molar refractivity (Wildman–Crippen MR) is 96.0 cm³/mol. The summed E-state index contributed by atoms with van der Waals surface area (Å²) in [4.78, 5) is 0.437. The molecule has 24 heavy (non-hydrogen) atoms. The summed E-state index contributed by atoms with van der Waals surface area (Å²) in [6, 6.07) is 16.2. The van der Waals surface area contributed by atoms with Gasteiger partial charge in [0.05, 0.1) is 9.79 Å². The summed E-state index contributed by atoms with van der Waals surface area (Å²) < 4.78 is 47.3. The first-order valence-corrected chi connectivity index (χ1v) is 10.8. The van der Waals surface area contributed by atoms with Crippen molar-refractivity contribution in [3.63, 3.8) is 0 Å². The van der Waals surface area contributed by atoms with Crippen molar-refractivity contribution in [3.05, 3.63) is 60.7 Å². The molecule has 0 saturated heterocycles. The molecule has 0 spiro atoms. The second-order valence-corrected chi connectivity index (χ2v) is 10.2. The van der Waals surface area contributed by atoms with Crippen LogP contribution in [0.25, 0.3) is 0 Å². The summed E-state index contributed by atoms with van der Waals surface area (Å²) in [7, 11) is -1.87. The van der Waals surface area contributed by atoms with Gasteiger partial charge in [0.15, 0.2) is 0 Å². The predicted octanol–water partition coefficient (Wildman–Crippen LogP) is 3.38. The lowest BCUT2D eigenvalue weighted by Gasteiger charge is -2.20. The Morgan fingerprint density at radius 1 is 0.750 bits per heavy atom. The summed E-state index contributed by atoms with van der Waals surface area (Å²) in [5.41, 5.74) is -0.450. The van der Waals surface area contributed by atoms with Gasteiger partial charge in [0.1, 0.15) is 0 Å². The molecule has 5 nitrogen and oxygen atoms in total. The van der Waals surface area contributed by atoms with E-state index in [0.29, 0.717) is 4.90 Å². The van der Waals surface area contributed by atoms with Crippen molar-refractivity contribution < 1.29 is 16.8 Å². The van der Waals surface area contributed by atoms with Crippen LogP contribution < -0.4 is 4.72 Å². The Balaban J connectivity index is 0.000000254. The van der Waals surface area contributed by atoms with Crippen molar-refractivity contribution in [2.45, 2.75) is 36.1 Å². The van der Waals surface area contributed by atoms with Crippen molar-refractivity contribution in [1.29, 1.82) is 0 Å². The molecular formula is C16H20ClNO4S2. The minimum Gasteiger partial charge on any atom is -0.207 e. The lowest BCUT2D eigenvalue weighted by atomic mass is 10.1. The first kappa shape index (κ1) is 20.6. The quantitative estimate of drug-likeness (QED) is 0.816. The molecule has 2 aromatic rings. The highest BCUT2D eigenvalue weighted by molar-refractivity contribution is 8.13. The fourth-order valence-electron chi connectivity index (χ4n) is 1.64. The number of hydrogen-bond donors (Lipinski definition) is 1. The Labute approximate surface area is 148 Å². The Morgan fingerprint density at radius 2 is 1.12 bits per heavy atom. The number of rotatable bonds is 3. The van der Waals surface area contributed by atoms with Crippen molar-refractivity contribution >= 4 is 29.8 Å². The molecule has 0 aromatic heterocycles. The summed E-state index contributed by atoms with van der Waals surface area (Å²) in [6.07, 6.45) is 0. The van der Waals surface area contributed by atoms with Crippen LogP contribution >= 0.6 is 10.7 Å². The van der Waals surface area contributed by atoms with E-state index in [4.69, 9.17) is 10.7 Å². The summed E-state index contributed by atoms with van der Waals surface area (Å²) >= 11 is 0. The molecule has 1 N–H and O–H groups in total. The largest absolute Gasteiger partial charge is 0.261 e. The number of nitrogens with one attached hydrogen (secondary N) is 1. The van der Waals surface area contributed by atoms with E-state index in [2.05, 4.69) is 4.72 Å². The third-order valence-corrected chi connectivity index (χ3v) is 5.66. The molecule has 2 rings (SSSR count). The van der Waals surface area contributed by atoms with Gasteiger partial charge in [-0.25, -0.2) is 21.6 Å². The number of sulfonamides is 1. The molecule has 0 radical (unpaired) electrons. The highest BCUT2D eigenvalue weighted by Crippen LogP contribution is 2.13. The summed E-state index contributed by atoms with van der Waals surface area (Å²) in [5, 5.41) is 0. The molecule has 0 saturated carbocycles. The first-order chi connectivity index (χ1) is 10.9. The Hall–Kier alpha value is -1.41. The second kappa shape index (κ2) is 8.11. The highest BCUT2D eigenvalue weighted by atomic mass is 35.7. The van der Waals surface area contributed by atoms with E-state index in [1.54, 1.807) is 48.5 Å². The molecule has 0 aliphatic carbocycles. The zero-order valence-corrected chi connectivity index (χ0v) is 16.0. The van der Waals surface area contributed by atoms with E-state index in [1.165, 1.54) is 12.1 Å². The fourth-order valence-corrected chi connectivity index (χ4v) is 3.88. The molecule has 8 heteroatoms. The lowest BCUT2D eigenvalue weighted by Crippen LogP contribution is -2.40. The molecule has 0 fully saturated rings. The summed E-state index contributed by atoms with van der Waals surface area (Å²) in [6.45, 7) is 5.44. The van der Waals surface area contributed by atoms with Crippen LogP contribution in [0.1, 0.15) is 20.8 Å². The van der Waals surface area contributed by atoms with Gasteiger partial charge in [0.2, 0.25) is 10.0 Å². The smallest absolute Gasteiger partial charge is 0.207 e. The van der Waals surface area contributed by atoms with E-state index < -0.39 is 24.6 Å². The van der Waals surface area contributed by atoms with Crippen molar-refractivity contribution in [2.24, 2.45) is 0 Å². The zero-order valence-electron chi connectivity index (χ0n) is 13.6. The van der Waals surface area contributed by atoms with Gasteiger partial charge in [0.25, 0.3) is 9.05 Å². The molecule has 0 aliphatic heterocycles. The Bertz CT molecular complexity index is 844. The molecule has 0 amide bonds. The molecule has 0 aliphatic rings. The SMILES string of the molecule is CC(C)(C)NS(=O)(=O)c1ccccc1.O=S(=O)(Cl)c1ccccc1. The van der Waals surface area contributed by atoms with Crippen LogP contribution in [0.4, 0.5) is 0 Å². The molecule has 0 bridgehead atoms. The van der Waals surface area contributed by atoms with Gasteiger partial charge in [-0.15, -0.1) is 0 Å². The van der Waals surface area contributed by atoms with Gasteiger partial charge in [-0.05, 0) is 45.0 Å². The van der Waals surface area contributed by atoms with Crippen molar-refractivity contribution in [2.75, 3.05) is 0 Å². The lowest BCUT2D eigenvalue weighted by molar-refractivity contribution is 0.491. The standard InChI is InChI=1S/C10H15NO2S.C6H5ClO2S/c1-10(2,3)11-14(12,13)9-7-5-4-6-8-9;7-10(8,9)6-4-2-1-3-5-6/h4-8,11H,1-3H3;1-5H. The van der Waals surface area contributed by atoms with Crippen LogP contribution in [0.3, 0.4) is 0 Å². The molecule has 132 valence electrons. The summed E-state index contributed by atoms with van der Waals surface area (Å²) in [5.74, 6) is 0. The maximum Gasteiger partial charge on any atom is 0.261 e. The molecule has 0 unspecified atom stereocenters. The average Bonchev–Trinajstić information content (AvgIpc) is 2.46. The van der Waals surface area contributed by atoms with Gasteiger partial charge in [0, 0.05) is 16.2 Å². The van der Waals surface area contributed by atoms with E-state index in [1.807, 2.05) is 20.8 Å². The maximum atomic E-state index is 11.7. The first-order valence-electron chi connectivity index (χ1n) is 7.00. The normalized spacial score (nSPS) is 12.2. The van der Waals surface area contributed by atoms with Crippen molar-refractivity contribution in [3.8, 4) is 0 Å². The fraction of sp³-hybridized carbons (Fsp3) is 0.250. The molecular weight excluding hydrogens is 370 g/mol. The van der Waals surface area contributed by atoms with Gasteiger partial charge in [-0.2, -0.15) is 0 Å². The molecule has 0 heterocycles. The van der Waals surface area contributed by atoms with E-state index in [9.17, 15) is 16.8 Å². The van der Waals surface area contributed by atoms with Crippen LogP contribution in [-0.4, -0.2) is 22.4 Å². The van der Waals surface area contributed by atoms with Crippen LogP contribution in [0, 0.1) is 0 Å². The average molecular weight is 390 g/mol. The third kappa shape index (κ3) is 7.44. The van der Waals surface area contributed by atoms with Gasteiger partial charge < -0.3 is 0 Å². The van der Waals surface area contributed by atoms with Crippen LogP contribution in [-0.2, 0) is 19.1 Å². The molecule has 0 atom stereocenters. The van der Waals surface area contributed by atoms with Crippen molar-refractivity contribution in [1.82, 2.24) is 4.72 Å². The monoisotopic (exact) mass is 389 g/mol. The minimum atomic E-state index is -3.53. The highest BCUT2D eigenvalue weighted by Gasteiger charge is 2.21. The van der Waals surface area contributed by atoms with Crippen LogP contribution in [0.2, 0.25) is 0 Å². The number of hydrogen-bond acceptors (Lipinski definition) is 4. The van der Waals surface area contributed by atoms with Gasteiger partial charge >= 0.3 is 0 Å². The van der Waals surface area contributed by atoms with Gasteiger partial charge in [-0.3, -0.25) is 0 Å². The molecule has 2 aromatic carbocycles. The minimum absolute atomic E-state index is 0.136. The topological polar surface area (TPSA) is 80.3 Å². The second-order valence-electron chi connectivity index (χ2n) is 5.92. The third-order valence-electron chi connectivity index (χ3n) is 2.52. The number of halogens is 1. The number of benzene rings is 2. The van der Waals surface area contributed by atoms with E-state index in [-0.39, 0.29) is 4.90 Å². The van der Waals surface area contributed by atoms with Crippen LogP contribution in [0.5, 0.6) is 0 Å². The van der Waals surface area contributed by atoms with Crippen LogP contribution in [0.15, 0.2) is 70.5 Å². The van der Waals surface area contributed by atoms with Gasteiger partial charge in [-0.1, -0.05) is 36.4 Å². The Morgan fingerprint density at radius 3 is 1.42 bits per heavy atom. The zero-order chi connectivity index (χ0) is 18.4. The van der Waals surface area contributed by atoms with E-state index in [0.717, 1.165) is 0 Å². The van der Waals surface area contributed by atoms with E-state index >= 15 is 0 Å². The maximum absolute atomic E-state index is 11.7. The Kier molecular flexibility index (Phi) is 6.97.